The van der Waals surface area contributed by atoms with Crippen molar-refractivity contribution in [2.75, 3.05) is 12.4 Å². The van der Waals surface area contributed by atoms with Gasteiger partial charge in [-0.15, -0.1) is 0 Å². The highest BCUT2D eigenvalue weighted by Gasteiger charge is 2.28. The van der Waals surface area contributed by atoms with Crippen LogP contribution in [0.1, 0.15) is 38.7 Å². The molecule has 1 saturated carbocycles. The van der Waals surface area contributed by atoms with E-state index in [1.165, 1.54) is 24.8 Å². The van der Waals surface area contributed by atoms with Crippen LogP contribution in [0.4, 0.5) is 5.69 Å². The summed E-state index contributed by atoms with van der Waals surface area (Å²) in [7, 11) is 1.74. The molecule has 0 aromatic heterocycles. The number of benzene rings is 1. The van der Waals surface area contributed by atoms with Gasteiger partial charge in [-0.05, 0) is 49.3 Å². The van der Waals surface area contributed by atoms with Gasteiger partial charge in [-0.2, -0.15) is 0 Å². The van der Waals surface area contributed by atoms with Crippen molar-refractivity contribution >= 4 is 5.69 Å². The third-order valence-corrected chi connectivity index (χ3v) is 4.22. The van der Waals surface area contributed by atoms with Gasteiger partial charge < -0.3 is 10.1 Å². The van der Waals surface area contributed by atoms with E-state index in [2.05, 4.69) is 44.3 Å². The predicted molar refractivity (Wildman–Crippen MR) is 77.3 cm³/mol. The summed E-state index contributed by atoms with van der Waals surface area (Å²) < 4.78 is 5.48. The normalized spacial score (nSPS) is 27.9. The first-order chi connectivity index (χ1) is 8.61. The molecule has 2 rings (SSSR count). The molecule has 2 atom stereocenters. The Hall–Kier alpha value is -1.18. The third-order valence-electron chi connectivity index (χ3n) is 4.22. The van der Waals surface area contributed by atoms with Crippen LogP contribution in [0, 0.1) is 18.8 Å². The van der Waals surface area contributed by atoms with Gasteiger partial charge in [-0.25, -0.2) is 0 Å². The van der Waals surface area contributed by atoms with Gasteiger partial charge in [0.2, 0.25) is 0 Å². The molecule has 1 aromatic carbocycles. The summed E-state index contributed by atoms with van der Waals surface area (Å²) in [6.45, 7) is 6.81. The van der Waals surface area contributed by atoms with Crippen LogP contribution in [-0.2, 0) is 0 Å². The number of nitrogens with one attached hydrogen (secondary N) is 1. The molecule has 0 saturated heterocycles. The Labute approximate surface area is 111 Å². The van der Waals surface area contributed by atoms with E-state index in [1.807, 2.05) is 0 Å². The van der Waals surface area contributed by atoms with Crippen LogP contribution in [0.3, 0.4) is 0 Å². The Kier molecular flexibility index (Phi) is 4.15. The quantitative estimate of drug-likeness (QED) is 0.862. The maximum Gasteiger partial charge on any atom is 0.142 e. The zero-order chi connectivity index (χ0) is 13.1. The lowest BCUT2D eigenvalue weighted by molar-refractivity contribution is 0.267. The second-order valence-electron chi connectivity index (χ2n) is 5.76. The fraction of sp³-hybridized carbons (Fsp3) is 0.625. The number of hydrogen-bond acceptors (Lipinski definition) is 2. The average molecular weight is 247 g/mol. The number of hydrogen-bond donors (Lipinski definition) is 1. The van der Waals surface area contributed by atoms with Gasteiger partial charge in [-0.1, -0.05) is 26.3 Å². The molecule has 1 N–H and O–H groups in total. The number of ether oxygens (including phenoxy) is 1. The van der Waals surface area contributed by atoms with E-state index in [4.69, 9.17) is 4.74 Å². The average Bonchev–Trinajstić information content (AvgIpc) is 2.35. The van der Waals surface area contributed by atoms with Gasteiger partial charge in [0.15, 0.2) is 0 Å². The first kappa shape index (κ1) is 13.3. The van der Waals surface area contributed by atoms with Crippen LogP contribution in [0.25, 0.3) is 0 Å². The molecule has 100 valence electrons. The van der Waals surface area contributed by atoms with Crippen LogP contribution < -0.4 is 10.1 Å². The molecule has 0 bridgehead atoms. The predicted octanol–water partition coefficient (Wildman–Crippen LogP) is 4.24. The summed E-state index contributed by atoms with van der Waals surface area (Å²) in [6.07, 6.45) is 4.03. The van der Waals surface area contributed by atoms with Gasteiger partial charge >= 0.3 is 0 Å². The second-order valence-corrected chi connectivity index (χ2v) is 5.76. The van der Waals surface area contributed by atoms with E-state index in [-0.39, 0.29) is 0 Å². The van der Waals surface area contributed by atoms with E-state index in [0.717, 1.165) is 23.3 Å². The molecule has 0 aliphatic heterocycles. The van der Waals surface area contributed by atoms with Crippen molar-refractivity contribution in [3.05, 3.63) is 23.8 Å². The second kappa shape index (κ2) is 5.64. The van der Waals surface area contributed by atoms with Gasteiger partial charge in [0, 0.05) is 6.04 Å². The maximum atomic E-state index is 5.48. The summed E-state index contributed by atoms with van der Waals surface area (Å²) in [5, 5.41) is 3.70. The first-order valence-electron chi connectivity index (χ1n) is 7.03. The molecule has 0 spiro atoms. The van der Waals surface area contributed by atoms with Crippen molar-refractivity contribution in [3.8, 4) is 5.75 Å². The van der Waals surface area contributed by atoms with Crippen molar-refractivity contribution < 1.29 is 4.74 Å². The molecule has 1 aromatic rings. The van der Waals surface area contributed by atoms with E-state index >= 15 is 0 Å². The van der Waals surface area contributed by atoms with Gasteiger partial charge in [0.1, 0.15) is 5.75 Å². The Morgan fingerprint density at radius 2 is 1.83 bits per heavy atom. The van der Waals surface area contributed by atoms with Crippen molar-refractivity contribution in [2.24, 2.45) is 11.8 Å². The van der Waals surface area contributed by atoms with Crippen LogP contribution in [0.5, 0.6) is 5.75 Å². The van der Waals surface area contributed by atoms with Crippen LogP contribution in [0.15, 0.2) is 18.2 Å². The lowest BCUT2D eigenvalue weighted by Gasteiger charge is -2.36. The minimum absolute atomic E-state index is 0.565. The molecule has 1 fully saturated rings. The number of rotatable bonds is 3. The van der Waals surface area contributed by atoms with Crippen molar-refractivity contribution in [3.63, 3.8) is 0 Å². The molecule has 1 aliphatic rings. The van der Waals surface area contributed by atoms with E-state index in [9.17, 15) is 0 Å². The highest BCUT2D eigenvalue weighted by molar-refractivity contribution is 5.58. The Morgan fingerprint density at radius 1 is 1.17 bits per heavy atom. The zero-order valence-electron chi connectivity index (χ0n) is 12.0. The van der Waals surface area contributed by atoms with Crippen molar-refractivity contribution in [2.45, 2.75) is 46.1 Å². The number of anilines is 1. The Balaban J connectivity index is 2.17. The summed E-state index contributed by atoms with van der Waals surface area (Å²) in [6, 6.07) is 6.95. The summed E-state index contributed by atoms with van der Waals surface area (Å²) >= 11 is 0. The van der Waals surface area contributed by atoms with Gasteiger partial charge in [0.25, 0.3) is 0 Å². The molecule has 2 heteroatoms. The Morgan fingerprint density at radius 3 is 2.44 bits per heavy atom. The first-order valence-corrected chi connectivity index (χ1v) is 7.03. The van der Waals surface area contributed by atoms with Crippen LogP contribution >= 0.6 is 0 Å². The standard InChI is InChI=1S/C16H25NO/c1-11-8-9-14(15(10-11)18-4)17-16-12(2)6-5-7-13(16)3/h8-10,12-13,16-17H,5-7H2,1-4H3. The third kappa shape index (κ3) is 2.80. The van der Waals surface area contributed by atoms with Crippen LogP contribution in [0.2, 0.25) is 0 Å². The van der Waals surface area contributed by atoms with Gasteiger partial charge in [0.05, 0.1) is 12.8 Å². The molecule has 2 unspecified atom stereocenters. The fourth-order valence-electron chi connectivity index (χ4n) is 3.06. The summed E-state index contributed by atoms with van der Waals surface area (Å²) in [5.74, 6) is 2.43. The van der Waals surface area contributed by atoms with E-state index in [0.29, 0.717) is 6.04 Å². The van der Waals surface area contributed by atoms with Crippen molar-refractivity contribution in [1.29, 1.82) is 0 Å². The van der Waals surface area contributed by atoms with Crippen LogP contribution in [-0.4, -0.2) is 13.2 Å². The molecule has 18 heavy (non-hydrogen) atoms. The smallest absolute Gasteiger partial charge is 0.142 e. The molecule has 0 heterocycles. The molecule has 1 aliphatic carbocycles. The largest absolute Gasteiger partial charge is 0.495 e. The highest BCUT2D eigenvalue weighted by Crippen LogP contribution is 2.34. The fourth-order valence-corrected chi connectivity index (χ4v) is 3.06. The van der Waals surface area contributed by atoms with E-state index < -0.39 is 0 Å². The Bertz CT molecular complexity index is 392. The molecule has 0 amide bonds. The molecular weight excluding hydrogens is 222 g/mol. The number of aryl methyl sites for hydroxylation is 1. The topological polar surface area (TPSA) is 21.3 Å². The monoisotopic (exact) mass is 247 g/mol. The lowest BCUT2D eigenvalue weighted by Crippen LogP contribution is -2.37. The lowest BCUT2D eigenvalue weighted by atomic mass is 9.78. The highest BCUT2D eigenvalue weighted by atomic mass is 16.5. The van der Waals surface area contributed by atoms with E-state index in [1.54, 1.807) is 7.11 Å². The minimum Gasteiger partial charge on any atom is -0.495 e. The SMILES string of the molecule is COc1cc(C)ccc1NC1C(C)CCCC1C. The molecular formula is C16H25NO. The molecule has 0 radical (unpaired) electrons. The minimum atomic E-state index is 0.565. The summed E-state index contributed by atoms with van der Waals surface area (Å²) in [5.41, 5.74) is 2.37. The van der Waals surface area contributed by atoms with Crippen molar-refractivity contribution in [1.82, 2.24) is 0 Å². The number of methoxy groups -OCH3 is 1. The molecule has 2 nitrogen and oxygen atoms in total. The maximum absolute atomic E-state index is 5.48. The van der Waals surface area contributed by atoms with Gasteiger partial charge in [-0.3, -0.25) is 0 Å². The summed E-state index contributed by atoms with van der Waals surface area (Å²) in [4.78, 5) is 0. The zero-order valence-corrected chi connectivity index (χ0v) is 12.0.